The second kappa shape index (κ2) is 6.48. The van der Waals surface area contributed by atoms with Crippen LogP contribution in [0.1, 0.15) is 27.4 Å². The molecule has 6 heteroatoms. The van der Waals surface area contributed by atoms with E-state index in [1.54, 1.807) is 12.4 Å². The molecule has 0 aliphatic carbocycles. The normalized spacial score (nSPS) is 11.0. The fourth-order valence-electron chi connectivity index (χ4n) is 3.01. The highest BCUT2D eigenvalue weighted by Gasteiger charge is 2.12. The molecule has 0 unspecified atom stereocenters. The van der Waals surface area contributed by atoms with Crippen LogP contribution in [0.3, 0.4) is 0 Å². The lowest BCUT2D eigenvalue weighted by Crippen LogP contribution is -2.23. The lowest BCUT2D eigenvalue weighted by atomic mass is 10.1. The Morgan fingerprint density at radius 1 is 1.12 bits per heavy atom. The number of fused-ring (bicyclic) bond motifs is 1. The first-order valence-electron chi connectivity index (χ1n) is 8.43. The molecule has 4 aromatic rings. The van der Waals surface area contributed by atoms with Gasteiger partial charge in [0.1, 0.15) is 17.2 Å². The molecule has 0 saturated heterocycles. The number of benzene rings is 1. The van der Waals surface area contributed by atoms with Crippen molar-refractivity contribution in [1.29, 1.82) is 0 Å². The molecule has 0 bridgehead atoms. The van der Waals surface area contributed by atoms with Crippen LogP contribution in [-0.4, -0.2) is 24.8 Å². The van der Waals surface area contributed by atoms with Crippen molar-refractivity contribution in [1.82, 2.24) is 24.3 Å². The largest absolute Gasteiger partial charge is 0.346 e. The molecule has 0 fully saturated rings. The van der Waals surface area contributed by atoms with Gasteiger partial charge < -0.3 is 14.3 Å². The molecule has 0 spiro atoms. The number of nitrogens with one attached hydrogen (secondary N) is 1. The van der Waals surface area contributed by atoms with E-state index in [2.05, 4.69) is 15.3 Å². The molecular formula is C20H19N5O. The van der Waals surface area contributed by atoms with Gasteiger partial charge in [-0.25, -0.2) is 9.97 Å². The van der Waals surface area contributed by atoms with Crippen LogP contribution in [0.2, 0.25) is 0 Å². The van der Waals surface area contributed by atoms with Crippen LogP contribution in [0, 0.1) is 13.8 Å². The van der Waals surface area contributed by atoms with E-state index in [4.69, 9.17) is 0 Å². The first-order chi connectivity index (χ1) is 12.6. The Morgan fingerprint density at radius 3 is 2.77 bits per heavy atom. The van der Waals surface area contributed by atoms with Gasteiger partial charge in [0, 0.05) is 31.3 Å². The van der Waals surface area contributed by atoms with Crippen molar-refractivity contribution in [2.75, 3.05) is 0 Å². The van der Waals surface area contributed by atoms with Gasteiger partial charge in [-0.15, -0.1) is 0 Å². The zero-order chi connectivity index (χ0) is 18.1. The van der Waals surface area contributed by atoms with Crippen molar-refractivity contribution in [2.24, 2.45) is 0 Å². The molecule has 6 nitrogen and oxygen atoms in total. The molecule has 4 rings (SSSR count). The summed E-state index contributed by atoms with van der Waals surface area (Å²) in [6.07, 6.45) is 7.39. The van der Waals surface area contributed by atoms with E-state index >= 15 is 0 Å². The summed E-state index contributed by atoms with van der Waals surface area (Å²) in [6, 6.07) is 11.8. The number of imidazole rings is 2. The Hall–Kier alpha value is -3.41. The molecule has 0 radical (unpaired) electrons. The molecule has 1 amide bonds. The van der Waals surface area contributed by atoms with Gasteiger partial charge in [-0.2, -0.15) is 0 Å². The Morgan fingerprint density at radius 2 is 1.96 bits per heavy atom. The van der Waals surface area contributed by atoms with Gasteiger partial charge in [-0.1, -0.05) is 24.3 Å². The third-order valence-electron chi connectivity index (χ3n) is 4.35. The minimum Gasteiger partial charge on any atom is -0.346 e. The van der Waals surface area contributed by atoms with E-state index in [1.807, 2.05) is 71.6 Å². The van der Waals surface area contributed by atoms with Crippen LogP contribution in [0.15, 0.2) is 61.2 Å². The van der Waals surface area contributed by atoms with Gasteiger partial charge in [0.2, 0.25) is 0 Å². The number of aromatic nitrogens is 4. The Labute approximate surface area is 151 Å². The Bertz CT molecular complexity index is 1090. The molecule has 1 aromatic carbocycles. The highest BCUT2D eigenvalue weighted by molar-refractivity contribution is 5.92. The second-order valence-electron chi connectivity index (χ2n) is 6.25. The monoisotopic (exact) mass is 345 g/mol. The molecule has 26 heavy (non-hydrogen) atoms. The van der Waals surface area contributed by atoms with E-state index in [0.29, 0.717) is 12.2 Å². The summed E-state index contributed by atoms with van der Waals surface area (Å²) < 4.78 is 3.88. The maximum Gasteiger partial charge on any atom is 0.271 e. The summed E-state index contributed by atoms with van der Waals surface area (Å²) in [4.78, 5) is 21.2. The number of hydrogen-bond donors (Lipinski definition) is 1. The van der Waals surface area contributed by atoms with Crippen LogP contribution >= 0.6 is 0 Å². The molecule has 3 aromatic heterocycles. The van der Waals surface area contributed by atoms with Crippen LogP contribution in [0.4, 0.5) is 0 Å². The zero-order valence-electron chi connectivity index (χ0n) is 14.7. The number of carbonyl (C=O) groups is 1. The zero-order valence-corrected chi connectivity index (χ0v) is 14.7. The maximum absolute atomic E-state index is 12.5. The summed E-state index contributed by atoms with van der Waals surface area (Å²) in [5, 5.41) is 2.96. The molecule has 0 aliphatic rings. The molecule has 3 heterocycles. The van der Waals surface area contributed by atoms with Crippen LogP contribution in [-0.2, 0) is 6.54 Å². The average Bonchev–Trinajstić information content (AvgIpc) is 3.25. The molecule has 0 aliphatic heterocycles. The van der Waals surface area contributed by atoms with Crippen molar-refractivity contribution < 1.29 is 4.79 Å². The number of rotatable bonds is 4. The summed E-state index contributed by atoms with van der Waals surface area (Å²) in [5.41, 5.74) is 4.31. The summed E-state index contributed by atoms with van der Waals surface area (Å²) in [5.74, 6) is 0.711. The van der Waals surface area contributed by atoms with Crippen molar-refractivity contribution in [3.05, 3.63) is 83.8 Å². The van der Waals surface area contributed by atoms with E-state index in [9.17, 15) is 4.79 Å². The fraction of sp³-hybridized carbons (Fsp3) is 0.150. The minimum atomic E-state index is -0.191. The van der Waals surface area contributed by atoms with Crippen molar-refractivity contribution in [3.63, 3.8) is 0 Å². The highest BCUT2D eigenvalue weighted by atomic mass is 16.1. The van der Waals surface area contributed by atoms with Gasteiger partial charge in [0.15, 0.2) is 0 Å². The highest BCUT2D eigenvalue weighted by Crippen LogP contribution is 2.16. The van der Waals surface area contributed by atoms with Crippen LogP contribution in [0.5, 0.6) is 0 Å². The summed E-state index contributed by atoms with van der Waals surface area (Å²) in [7, 11) is 0. The number of pyridine rings is 1. The summed E-state index contributed by atoms with van der Waals surface area (Å²) in [6.45, 7) is 4.38. The van der Waals surface area contributed by atoms with E-state index in [1.165, 1.54) is 0 Å². The predicted octanol–water partition coefficient (Wildman–Crippen LogP) is 3.07. The number of hydrogen-bond acceptors (Lipinski definition) is 3. The molecule has 0 atom stereocenters. The van der Waals surface area contributed by atoms with Gasteiger partial charge >= 0.3 is 0 Å². The number of aryl methyl sites for hydroxylation is 2. The maximum atomic E-state index is 12.5. The van der Waals surface area contributed by atoms with Gasteiger partial charge in [-0.05, 0) is 37.1 Å². The number of amides is 1. The van der Waals surface area contributed by atoms with E-state index in [-0.39, 0.29) is 5.91 Å². The minimum absolute atomic E-state index is 0.191. The Kier molecular flexibility index (Phi) is 4.01. The van der Waals surface area contributed by atoms with Gasteiger partial charge in [-0.3, -0.25) is 4.79 Å². The lowest BCUT2D eigenvalue weighted by Gasteiger charge is -2.12. The summed E-state index contributed by atoms with van der Waals surface area (Å²) >= 11 is 0. The lowest BCUT2D eigenvalue weighted by molar-refractivity contribution is 0.0946. The van der Waals surface area contributed by atoms with E-state index < -0.39 is 0 Å². The first kappa shape index (κ1) is 16.1. The van der Waals surface area contributed by atoms with Crippen molar-refractivity contribution >= 4 is 11.6 Å². The molecule has 1 N–H and O–H groups in total. The van der Waals surface area contributed by atoms with Crippen LogP contribution < -0.4 is 5.32 Å². The third kappa shape index (κ3) is 2.97. The quantitative estimate of drug-likeness (QED) is 0.618. The fourth-order valence-corrected chi connectivity index (χ4v) is 3.01. The van der Waals surface area contributed by atoms with Gasteiger partial charge in [0.25, 0.3) is 5.91 Å². The van der Waals surface area contributed by atoms with Gasteiger partial charge in [0.05, 0.1) is 5.69 Å². The number of nitrogens with zero attached hydrogens (tertiary/aromatic N) is 4. The predicted molar refractivity (Wildman–Crippen MR) is 99.4 cm³/mol. The molecule has 130 valence electrons. The SMILES string of the molecule is Cc1ccc2nc(C(=O)NCc3ccccc3-n3ccnc3C)cn2c1. The Balaban J connectivity index is 1.55. The first-order valence-corrected chi connectivity index (χ1v) is 8.43. The molecule has 0 saturated carbocycles. The molecular weight excluding hydrogens is 326 g/mol. The topological polar surface area (TPSA) is 64.2 Å². The smallest absolute Gasteiger partial charge is 0.271 e. The average molecular weight is 345 g/mol. The van der Waals surface area contributed by atoms with E-state index in [0.717, 1.165) is 28.3 Å². The number of para-hydroxylation sites is 1. The van der Waals surface area contributed by atoms with Crippen LogP contribution in [0.25, 0.3) is 11.3 Å². The standard InChI is InChI=1S/C20H19N5O/c1-14-7-8-19-23-17(13-24(19)12-14)20(26)22-11-16-5-3-4-6-18(16)25-10-9-21-15(25)2/h3-10,12-13H,11H2,1-2H3,(H,22,26). The third-order valence-corrected chi connectivity index (χ3v) is 4.35. The van der Waals surface area contributed by atoms with Crippen molar-refractivity contribution in [2.45, 2.75) is 20.4 Å². The number of carbonyl (C=O) groups excluding carboxylic acids is 1. The second-order valence-corrected chi connectivity index (χ2v) is 6.25. The van der Waals surface area contributed by atoms with Crippen molar-refractivity contribution in [3.8, 4) is 5.69 Å².